The highest BCUT2D eigenvalue weighted by atomic mass is 16.4. The number of amides is 2. The molecular formula is C13H19N3O3. The van der Waals surface area contributed by atoms with Crippen LogP contribution >= 0.6 is 0 Å². The number of rotatable bonds is 6. The van der Waals surface area contributed by atoms with Gasteiger partial charge in [-0.1, -0.05) is 0 Å². The van der Waals surface area contributed by atoms with Crippen LogP contribution in [0.4, 0.5) is 4.79 Å². The highest BCUT2D eigenvalue weighted by Crippen LogP contribution is 2.02. The molecule has 0 unspecified atom stereocenters. The van der Waals surface area contributed by atoms with Crippen LogP contribution in [-0.4, -0.2) is 39.6 Å². The Kier molecular flexibility index (Phi) is 5.78. The summed E-state index contributed by atoms with van der Waals surface area (Å²) < 4.78 is 0. The molecular weight excluding hydrogens is 246 g/mol. The SMILES string of the molecule is CC(C)N(CCC(=O)O)C(=O)NCc1ccncc1. The van der Waals surface area contributed by atoms with Crippen LogP contribution < -0.4 is 5.32 Å². The van der Waals surface area contributed by atoms with E-state index in [4.69, 9.17) is 5.11 Å². The Labute approximate surface area is 112 Å². The second-order valence-corrected chi connectivity index (χ2v) is 4.45. The molecule has 0 fully saturated rings. The predicted octanol–water partition coefficient (Wildman–Crippen LogP) is 1.48. The molecule has 2 N–H and O–H groups in total. The first-order valence-electron chi connectivity index (χ1n) is 6.16. The molecule has 104 valence electrons. The van der Waals surface area contributed by atoms with Crippen LogP contribution in [0.3, 0.4) is 0 Å². The number of nitrogens with one attached hydrogen (secondary N) is 1. The van der Waals surface area contributed by atoms with Crippen molar-refractivity contribution >= 4 is 12.0 Å². The fourth-order valence-corrected chi connectivity index (χ4v) is 1.59. The molecule has 0 bridgehead atoms. The van der Waals surface area contributed by atoms with Crippen molar-refractivity contribution in [1.82, 2.24) is 15.2 Å². The average Bonchev–Trinajstić information content (AvgIpc) is 2.37. The first-order chi connectivity index (χ1) is 9.00. The summed E-state index contributed by atoms with van der Waals surface area (Å²) in [5.74, 6) is -0.910. The van der Waals surface area contributed by atoms with Crippen LogP contribution in [0.25, 0.3) is 0 Å². The molecule has 6 heteroatoms. The summed E-state index contributed by atoms with van der Waals surface area (Å²) in [4.78, 5) is 27.9. The molecule has 0 spiro atoms. The quantitative estimate of drug-likeness (QED) is 0.816. The topological polar surface area (TPSA) is 82.5 Å². The van der Waals surface area contributed by atoms with Gasteiger partial charge in [0.2, 0.25) is 0 Å². The van der Waals surface area contributed by atoms with Gasteiger partial charge in [0.05, 0.1) is 6.42 Å². The summed E-state index contributed by atoms with van der Waals surface area (Å²) in [6.45, 7) is 4.31. The lowest BCUT2D eigenvalue weighted by atomic mass is 10.2. The van der Waals surface area contributed by atoms with E-state index < -0.39 is 5.97 Å². The van der Waals surface area contributed by atoms with Gasteiger partial charge in [0.15, 0.2) is 0 Å². The smallest absolute Gasteiger partial charge is 0.317 e. The Morgan fingerprint density at radius 1 is 1.37 bits per heavy atom. The Morgan fingerprint density at radius 3 is 2.53 bits per heavy atom. The van der Waals surface area contributed by atoms with Crippen LogP contribution in [0.2, 0.25) is 0 Å². The molecule has 6 nitrogen and oxygen atoms in total. The van der Waals surface area contributed by atoms with Crippen molar-refractivity contribution < 1.29 is 14.7 Å². The van der Waals surface area contributed by atoms with Crippen LogP contribution in [0.5, 0.6) is 0 Å². The number of hydrogen-bond acceptors (Lipinski definition) is 3. The summed E-state index contributed by atoms with van der Waals surface area (Å²) in [6, 6.07) is 3.33. The van der Waals surface area contributed by atoms with Gasteiger partial charge in [0.25, 0.3) is 0 Å². The van der Waals surface area contributed by atoms with Gasteiger partial charge in [-0.3, -0.25) is 9.78 Å². The molecule has 0 saturated carbocycles. The van der Waals surface area contributed by atoms with Crippen molar-refractivity contribution in [2.24, 2.45) is 0 Å². The molecule has 0 aliphatic heterocycles. The maximum Gasteiger partial charge on any atom is 0.317 e. The van der Waals surface area contributed by atoms with Crippen LogP contribution in [0.15, 0.2) is 24.5 Å². The molecule has 0 aliphatic rings. The Hall–Kier alpha value is -2.11. The summed E-state index contributed by atoms with van der Waals surface area (Å²) >= 11 is 0. The van der Waals surface area contributed by atoms with E-state index in [2.05, 4.69) is 10.3 Å². The normalized spacial score (nSPS) is 10.3. The fraction of sp³-hybridized carbons (Fsp3) is 0.462. The van der Waals surface area contributed by atoms with Crippen LogP contribution in [0.1, 0.15) is 25.8 Å². The fourth-order valence-electron chi connectivity index (χ4n) is 1.59. The first kappa shape index (κ1) is 14.9. The molecule has 1 heterocycles. The zero-order valence-corrected chi connectivity index (χ0v) is 11.2. The number of carbonyl (C=O) groups is 2. The van der Waals surface area contributed by atoms with Crippen LogP contribution in [0, 0.1) is 0 Å². The van der Waals surface area contributed by atoms with Crippen molar-refractivity contribution in [2.45, 2.75) is 32.9 Å². The second-order valence-electron chi connectivity index (χ2n) is 4.45. The largest absolute Gasteiger partial charge is 0.481 e. The molecule has 0 atom stereocenters. The molecule has 0 aliphatic carbocycles. The number of nitrogens with zero attached hydrogens (tertiary/aromatic N) is 2. The number of carboxylic acids is 1. The zero-order chi connectivity index (χ0) is 14.3. The maximum absolute atomic E-state index is 12.0. The second kappa shape index (κ2) is 7.35. The minimum atomic E-state index is -0.910. The third-order valence-corrected chi connectivity index (χ3v) is 2.64. The van der Waals surface area contributed by atoms with E-state index in [0.717, 1.165) is 5.56 Å². The maximum atomic E-state index is 12.0. The summed E-state index contributed by atoms with van der Waals surface area (Å²) in [5, 5.41) is 11.4. The van der Waals surface area contributed by atoms with Gasteiger partial charge in [-0.25, -0.2) is 4.79 Å². The van der Waals surface area contributed by atoms with E-state index in [-0.39, 0.29) is 25.0 Å². The standard InChI is InChI=1S/C13H19N3O3/c1-10(2)16(8-5-12(17)18)13(19)15-9-11-3-6-14-7-4-11/h3-4,6-7,10H,5,8-9H2,1-2H3,(H,15,19)(H,17,18). The Bertz CT molecular complexity index is 420. The zero-order valence-electron chi connectivity index (χ0n) is 11.2. The van der Waals surface area contributed by atoms with E-state index in [9.17, 15) is 9.59 Å². The number of hydrogen-bond donors (Lipinski definition) is 2. The first-order valence-corrected chi connectivity index (χ1v) is 6.16. The van der Waals surface area contributed by atoms with Gasteiger partial charge in [-0.2, -0.15) is 0 Å². The minimum Gasteiger partial charge on any atom is -0.481 e. The molecule has 1 aromatic rings. The summed E-state index contributed by atoms with van der Waals surface area (Å²) in [5.41, 5.74) is 0.949. The van der Waals surface area contributed by atoms with Gasteiger partial charge in [0, 0.05) is 31.5 Å². The third kappa shape index (κ3) is 5.37. The highest BCUT2D eigenvalue weighted by Gasteiger charge is 2.17. The van der Waals surface area contributed by atoms with E-state index >= 15 is 0 Å². The van der Waals surface area contributed by atoms with Crippen molar-refractivity contribution in [1.29, 1.82) is 0 Å². The van der Waals surface area contributed by atoms with Crippen LogP contribution in [-0.2, 0) is 11.3 Å². The molecule has 0 saturated heterocycles. The van der Waals surface area contributed by atoms with E-state index in [1.165, 1.54) is 4.90 Å². The van der Waals surface area contributed by atoms with Gasteiger partial charge in [-0.15, -0.1) is 0 Å². The lowest BCUT2D eigenvalue weighted by Gasteiger charge is -2.26. The van der Waals surface area contributed by atoms with Crippen molar-refractivity contribution in [3.8, 4) is 0 Å². The minimum absolute atomic E-state index is 0.0446. The van der Waals surface area contributed by atoms with Crippen molar-refractivity contribution in [2.75, 3.05) is 6.54 Å². The number of urea groups is 1. The number of carboxylic acid groups (broad SMARTS) is 1. The molecule has 0 radical (unpaired) electrons. The number of pyridine rings is 1. The number of aliphatic carboxylic acids is 1. The van der Waals surface area contributed by atoms with E-state index in [1.807, 2.05) is 26.0 Å². The summed E-state index contributed by atoms with van der Waals surface area (Å²) in [6.07, 6.45) is 3.26. The third-order valence-electron chi connectivity index (χ3n) is 2.64. The van der Waals surface area contributed by atoms with E-state index in [0.29, 0.717) is 6.54 Å². The van der Waals surface area contributed by atoms with Crippen molar-refractivity contribution in [3.63, 3.8) is 0 Å². The molecule has 1 aromatic heterocycles. The molecule has 2 amide bonds. The van der Waals surface area contributed by atoms with Gasteiger partial charge < -0.3 is 15.3 Å². The molecule has 1 rings (SSSR count). The number of aromatic nitrogens is 1. The monoisotopic (exact) mass is 265 g/mol. The van der Waals surface area contributed by atoms with E-state index in [1.54, 1.807) is 12.4 Å². The highest BCUT2D eigenvalue weighted by molar-refractivity contribution is 5.75. The lowest BCUT2D eigenvalue weighted by Crippen LogP contribution is -2.44. The molecule has 19 heavy (non-hydrogen) atoms. The number of carbonyl (C=O) groups excluding carboxylic acids is 1. The van der Waals surface area contributed by atoms with Gasteiger partial charge in [0.1, 0.15) is 0 Å². The predicted molar refractivity (Wildman–Crippen MR) is 70.6 cm³/mol. The van der Waals surface area contributed by atoms with Gasteiger partial charge >= 0.3 is 12.0 Å². The van der Waals surface area contributed by atoms with Gasteiger partial charge in [-0.05, 0) is 31.5 Å². The van der Waals surface area contributed by atoms with Crippen molar-refractivity contribution in [3.05, 3.63) is 30.1 Å². The Morgan fingerprint density at radius 2 is 2.00 bits per heavy atom. The lowest BCUT2D eigenvalue weighted by molar-refractivity contribution is -0.137. The average molecular weight is 265 g/mol. The Balaban J connectivity index is 2.50. The molecule has 0 aromatic carbocycles. The summed E-state index contributed by atoms with van der Waals surface area (Å²) in [7, 11) is 0.